The molecule has 24 heavy (non-hydrogen) atoms. The summed E-state index contributed by atoms with van der Waals surface area (Å²) in [5.74, 6) is 0. The van der Waals surface area contributed by atoms with Gasteiger partial charge in [-0.2, -0.15) is 56.6 Å². The molecular formula is C21H32Cl2Zr-2. The molecule has 0 heterocycles. The van der Waals surface area contributed by atoms with Crippen LogP contribution in [-0.2, 0) is 18.9 Å². The minimum atomic E-state index is -1.84. The van der Waals surface area contributed by atoms with Crippen molar-refractivity contribution in [1.82, 2.24) is 0 Å². The van der Waals surface area contributed by atoms with Gasteiger partial charge in [-0.05, 0) is 0 Å². The Morgan fingerprint density at radius 1 is 0.583 bits per heavy atom. The van der Waals surface area contributed by atoms with Crippen LogP contribution >= 0.6 is 17.0 Å². The van der Waals surface area contributed by atoms with Gasteiger partial charge in [0.15, 0.2) is 0 Å². The Kier molecular flexibility index (Phi) is 10.9. The van der Waals surface area contributed by atoms with Crippen LogP contribution in [0.4, 0.5) is 0 Å². The van der Waals surface area contributed by atoms with Gasteiger partial charge in [0.1, 0.15) is 0 Å². The number of hydrogen-bond acceptors (Lipinski definition) is 0. The van der Waals surface area contributed by atoms with Gasteiger partial charge in [0, 0.05) is 0 Å². The molecule has 0 radical (unpaired) electrons. The number of halogens is 2. The van der Waals surface area contributed by atoms with E-state index in [1.54, 1.807) is 0 Å². The fourth-order valence-corrected chi connectivity index (χ4v) is 2.27. The Labute approximate surface area is 164 Å². The predicted octanol–water partition coefficient (Wildman–Crippen LogP) is 7.40. The van der Waals surface area contributed by atoms with Gasteiger partial charge in [0.25, 0.3) is 0 Å². The summed E-state index contributed by atoms with van der Waals surface area (Å²) in [6.45, 7) is 21.3. The summed E-state index contributed by atoms with van der Waals surface area (Å²) in [6, 6.07) is 4.48. The largest absolute Gasteiger partial charge is 0.196 e. The zero-order valence-electron chi connectivity index (χ0n) is 16.9. The van der Waals surface area contributed by atoms with Crippen molar-refractivity contribution in [2.75, 3.05) is 0 Å². The third-order valence-electron chi connectivity index (χ3n) is 4.74. The van der Waals surface area contributed by atoms with E-state index in [4.69, 9.17) is 17.0 Å². The van der Waals surface area contributed by atoms with Gasteiger partial charge in [-0.1, -0.05) is 55.4 Å². The zero-order valence-corrected chi connectivity index (χ0v) is 20.9. The summed E-state index contributed by atoms with van der Waals surface area (Å²) in [5, 5.41) is 0. The molecule has 0 aliphatic heterocycles. The maximum Gasteiger partial charge on any atom is -0.0632 e. The van der Waals surface area contributed by atoms with E-state index in [9.17, 15) is 0 Å². The standard InChI is InChI=1S/2C9H13.C3H6.2ClH.Zr/c2*1-6-5-7(2)9(4)8(6)3;1-3-2;;;/h2*5H,1-4H3;1-2H3;2*1H;/q2*-1;;;;+2/p-2. The van der Waals surface area contributed by atoms with E-state index in [-0.39, 0.29) is 0 Å². The van der Waals surface area contributed by atoms with Crippen LogP contribution in [0.3, 0.4) is 0 Å². The molecule has 0 nitrogen and oxygen atoms in total. The van der Waals surface area contributed by atoms with Gasteiger partial charge in [0.05, 0.1) is 0 Å². The molecule has 3 heteroatoms. The maximum absolute atomic E-state index is 5.54. The second-order valence-corrected chi connectivity index (χ2v) is 16.1. The molecule has 0 unspecified atom stereocenters. The fourth-order valence-electron chi connectivity index (χ4n) is 2.27. The average molecular weight is 447 g/mol. The van der Waals surface area contributed by atoms with Gasteiger partial charge >= 0.3 is 53.0 Å². The fraction of sp³-hybridized carbons (Fsp3) is 0.476. The van der Waals surface area contributed by atoms with Crippen molar-refractivity contribution in [1.29, 1.82) is 0 Å². The monoisotopic (exact) mass is 444 g/mol. The molecule has 0 fully saturated rings. The first-order valence-electron chi connectivity index (χ1n) is 8.28. The minimum absolute atomic E-state index is 1.24. The molecule has 0 saturated heterocycles. The molecule has 0 N–H and O–H groups in total. The SMILES string of the molecule is C[C](C)=[Zr]([Cl])[Cl].Cc1[cH-]c(C)c(C)c1C.Cc1[cH-]c(C)c(C)c1C. The second-order valence-electron chi connectivity index (χ2n) is 6.78. The van der Waals surface area contributed by atoms with Crippen LogP contribution in [0.25, 0.3) is 0 Å². The topological polar surface area (TPSA) is 0 Å². The van der Waals surface area contributed by atoms with Crippen molar-refractivity contribution >= 4 is 20.2 Å². The average Bonchev–Trinajstić information content (AvgIpc) is 2.85. The van der Waals surface area contributed by atoms with E-state index in [1.807, 2.05) is 13.8 Å². The zero-order chi connectivity index (χ0) is 19.2. The first kappa shape index (κ1) is 24.0. The molecule has 136 valence electrons. The molecule has 0 atom stereocenters. The summed E-state index contributed by atoms with van der Waals surface area (Å²) < 4.78 is 1.24. The van der Waals surface area contributed by atoms with Crippen molar-refractivity contribution in [2.45, 2.75) is 69.2 Å². The Morgan fingerprint density at radius 3 is 0.792 bits per heavy atom. The van der Waals surface area contributed by atoms with E-state index in [2.05, 4.69) is 67.5 Å². The van der Waals surface area contributed by atoms with Gasteiger partial charge in [-0.15, -0.1) is 0 Å². The van der Waals surface area contributed by atoms with Crippen LogP contribution in [0.5, 0.6) is 0 Å². The third kappa shape index (κ3) is 7.51. The van der Waals surface area contributed by atoms with Crippen LogP contribution in [0.15, 0.2) is 12.1 Å². The van der Waals surface area contributed by atoms with Crippen molar-refractivity contribution in [3.05, 3.63) is 56.6 Å². The second kappa shape index (κ2) is 10.9. The summed E-state index contributed by atoms with van der Waals surface area (Å²) in [4.78, 5) is 0. The summed E-state index contributed by atoms with van der Waals surface area (Å²) in [6.07, 6.45) is 0. The van der Waals surface area contributed by atoms with Crippen LogP contribution in [0.1, 0.15) is 58.4 Å². The number of hydrogen-bond donors (Lipinski definition) is 0. The summed E-state index contributed by atoms with van der Waals surface area (Å²) in [7, 11) is 11.1. The molecule has 0 aliphatic rings. The summed E-state index contributed by atoms with van der Waals surface area (Å²) in [5.41, 5.74) is 11.5. The van der Waals surface area contributed by atoms with Crippen LogP contribution < -0.4 is 0 Å². The smallest absolute Gasteiger partial charge is 0.0632 e. The van der Waals surface area contributed by atoms with Gasteiger partial charge in [-0.3, -0.25) is 0 Å². The van der Waals surface area contributed by atoms with E-state index >= 15 is 0 Å². The molecule has 0 aliphatic carbocycles. The normalized spacial score (nSPS) is 9.67. The maximum atomic E-state index is 5.54. The van der Waals surface area contributed by atoms with Gasteiger partial charge in [0.2, 0.25) is 0 Å². The Balaban J connectivity index is 0.000000340. The molecule has 0 bridgehead atoms. The van der Waals surface area contributed by atoms with E-state index < -0.39 is 18.9 Å². The Bertz CT molecular complexity index is 587. The van der Waals surface area contributed by atoms with Crippen LogP contribution in [-0.4, -0.2) is 3.21 Å². The van der Waals surface area contributed by atoms with Gasteiger partial charge < -0.3 is 0 Å². The van der Waals surface area contributed by atoms with Gasteiger partial charge in [-0.25, -0.2) is 0 Å². The third-order valence-corrected chi connectivity index (χ3v) is 11.1. The van der Waals surface area contributed by atoms with Crippen LogP contribution in [0, 0.1) is 55.4 Å². The number of rotatable bonds is 0. The van der Waals surface area contributed by atoms with E-state index in [0.717, 1.165) is 0 Å². The molecule has 2 aromatic rings. The first-order chi connectivity index (χ1) is 10.9. The molecule has 0 amide bonds. The van der Waals surface area contributed by atoms with Crippen molar-refractivity contribution in [3.8, 4) is 0 Å². The van der Waals surface area contributed by atoms with E-state index in [0.29, 0.717) is 0 Å². The molecule has 2 rings (SSSR count). The first-order valence-corrected chi connectivity index (χ1v) is 15.8. The van der Waals surface area contributed by atoms with Crippen LogP contribution in [0.2, 0.25) is 0 Å². The summed E-state index contributed by atoms with van der Waals surface area (Å²) >= 11 is -1.84. The number of aryl methyl sites for hydroxylation is 4. The quantitative estimate of drug-likeness (QED) is 0.370. The molecule has 2 aromatic carbocycles. The Morgan fingerprint density at radius 2 is 0.750 bits per heavy atom. The Hall–Kier alpha value is 0.0331. The molecule has 0 aromatic heterocycles. The van der Waals surface area contributed by atoms with Crippen molar-refractivity contribution < 1.29 is 18.9 Å². The molecule has 0 saturated carbocycles. The molecular weight excluding hydrogens is 414 g/mol. The minimum Gasteiger partial charge on any atom is -0.196 e. The van der Waals surface area contributed by atoms with E-state index in [1.165, 1.54) is 47.7 Å². The van der Waals surface area contributed by atoms with Crippen molar-refractivity contribution in [2.24, 2.45) is 0 Å². The molecule has 0 spiro atoms. The van der Waals surface area contributed by atoms with Crippen molar-refractivity contribution in [3.63, 3.8) is 0 Å². The predicted molar refractivity (Wildman–Crippen MR) is 110 cm³/mol.